The number of amides is 1. The summed E-state index contributed by atoms with van der Waals surface area (Å²) in [6.45, 7) is 3.84. The Balaban J connectivity index is 1.56. The van der Waals surface area contributed by atoms with Gasteiger partial charge in [0.05, 0.1) is 23.6 Å². The molecule has 1 saturated heterocycles. The van der Waals surface area contributed by atoms with E-state index in [0.29, 0.717) is 43.6 Å². The number of nitrogens with zero attached hydrogens (tertiary/aromatic N) is 1. The molecule has 0 bridgehead atoms. The van der Waals surface area contributed by atoms with Crippen molar-refractivity contribution in [2.24, 2.45) is 0 Å². The summed E-state index contributed by atoms with van der Waals surface area (Å²) in [7, 11) is -2.23. The molecular weight excluding hydrogens is 444 g/mol. The Labute approximate surface area is 194 Å². The zero-order valence-electron chi connectivity index (χ0n) is 19.0. The molecule has 0 radical (unpaired) electrons. The van der Waals surface area contributed by atoms with Crippen LogP contribution in [0.1, 0.15) is 54.6 Å². The van der Waals surface area contributed by atoms with Crippen molar-refractivity contribution in [1.82, 2.24) is 9.62 Å². The van der Waals surface area contributed by atoms with Crippen LogP contribution in [0.2, 0.25) is 0 Å². The molecule has 8 nitrogen and oxygen atoms in total. The Morgan fingerprint density at radius 2 is 1.70 bits per heavy atom. The average molecular weight is 475 g/mol. The van der Waals surface area contributed by atoms with Crippen molar-refractivity contribution in [1.29, 1.82) is 0 Å². The lowest BCUT2D eigenvalue weighted by Gasteiger charge is -2.22. The van der Waals surface area contributed by atoms with Crippen molar-refractivity contribution in [3.63, 3.8) is 0 Å². The fourth-order valence-electron chi connectivity index (χ4n) is 4.14. The highest BCUT2D eigenvalue weighted by Gasteiger charge is 2.27. The van der Waals surface area contributed by atoms with Gasteiger partial charge in [0, 0.05) is 13.1 Å². The quantitative estimate of drug-likeness (QED) is 0.689. The van der Waals surface area contributed by atoms with Crippen molar-refractivity contribution in [3.8, 4) is 17.2 Å². The topological polar surface area (TPSA) is 94.2 Å². The Morgan fingerprint density at radius 3 is 2.39 bits per heavy atom. The first-order valence-corrected chi connectivity index (χ1v) is 12.7. The lowest BCUT2D eigenvalue weighted by Crippen LogP contribution is -2.32. The van der Waals surface area contributed by atoms with Crippen LogP contribution >= 0.6 is 0 Å². The summed E-state index contributed by atoms with van der Waals surface area (Å²) >= 11 is 0. The number of methoxy groups -OCH3 is 1. The molecule has 1 fully saturated rings. The van der Waals surface area contributed by atoms with Crippen LogP contribution in [0.3, 0.4) is 0 Å². The Kier molecular flexibility index (Phi) is 7.09. The maximum Gasteiger partial charge on any atom is 0.255 e. The number of fused-ring (bicyclic) bond motifs is 1. The molecular formula is C24H30N2O6S. The predicted octanol–water partition coefficient (Wildman–Crippen LogP) is 3.52. The summed E-state index contributed by atoms with van der Waals surface area (Å²) in [5.74, 6) is 1.22. The second kappa shape index (κ2) is 10.0. The number of carbonyl (C=O) groups is 1. The minimum atomic E-state index is -3.69. The van der Waals surface area contributed by atoms with E-state index in [2.05, 4.69) is 5.32 Å². The highest BCUT2D eigenvalue weighted by molar-refractivity contribution is 7.89. The van der Waals surface area contributed by atoms with Crippen molar-refractivity contribution in [3.05, 3.63) is 47.5 Å². The third-order valence-electron chi connectivity index (χ3n) is 6.03. The maximum absolute atomic E-state index is 13.2. The summed E-state index contributed by atoms with van der Waals surface area (Å²) in [6, 6.07) is 9.64. The number of hydrogen-bond donors (Lipinski definition) is 1. The van der Waals surface area contributed by atoms with Crippen LogP contribution in [0, 0.1) is 0 Å². The van der Waals surface area contributed by atoms with Crippen LogP contribution in [-0.4, -0.2) is 52.0 Å². The van der Waals surface area contributed by atoms with Gasteiger partial charge in [0.1, 0.15) is 19.0 Å². The van der Waals surface area contributed by atoms with Crippen LogP contribution < -0.4 is 19.5 Å². The Hall–Kier alpha value is -2.78. The summed E-state index contributed by atoms with van der Waals surface area (Å²) in [4.78, 5) is 13.3. The van der Waals surface area contributed by atoms with Crippen LogP contribution in [-0.2, 0) is 10.0 Å². The second-order valence-electron chi connectivity index (χ2n) is 8.28. The van der Waals surface area contributed by atoms with Gasteiger partial charge in [-0.2, -0.15) is 4.31 Å². The standard InChI is InChI=1S/C24H30N2O6S/c1-17(18-7-9-22-23(15-18)32-14-13-31-22)25-24(27)20-16-19(8-10-21(20)30-2)33(28,29)26-11-5-3-4-6-12-26/h7-10,15-17H,3-6,11-14H2,1-2H3,(H,25,27)/t17-/m1/s1. The van der Waals surface area contributed by atoms with Crippen LogP contribution in [0.25, 0.3) is 0 Å². The van der Waals surface area contributed by atoms with Crippen LogP contribution in [0.15, 0.2) is 41.3 Å². The Bertz CT molecular complexity index is 1110. The molecule has 9 heteroatoms. The number of ether oxygens (including phenoxy) is 3. The first-order valence-electron chi connectivity index (χ1n) is 11.3. The summed E-state index contributed by atoms with van der Waals surface area (Å²) in [5, 5.41) is 2.94. The molecule has 2 aromatic rings. The maximum atomic E-state index is 13.2. The van der Waals surface area contributed by atoms with E-state index < -0.39 is 15.9 Å². The number of hydrogen-bond acceptors (Lipinski definition) is 6. The SMILES string of the molecule is COc1ccc(S(=O)(=O)N2CCCCCC2)cc1C(=O)N[C@H](C)c1ccc2c(c1)OCCO2. The molecule has 1 amide bonds. The van der Waals surface area contributed by atoms with Gasteiger partial charge in [0.25, 0.3) is 5.91 Å². The number of rotatable bonds is 6. The fourth-order valence-corrected chi connectivity index (χ4v) is 5.69. The van der Waals surface area contributed by atoms with E-state index in [4.69, 9.17) is 14.2 Å². The molecule has 1 N–H and O–H groups in total. The highest BCUT2D eigenvalue weighted by Crippen LogP contribution is 2.33. The molecule has 0 unspecified atom stereocenters. The summed E-state index contributed by atoms with van der Waals surface area (Å²) in [6.07, 6.45) is 3.74. The first-order chi connectivity index (χ1) is 15.9. The van der Waals surface area contributed by atoms with Gasteiger partial charge in [-0.15, -0.1) is 0 Å². The third-order valence-corrected chi connectivity index (χ3v) is 7.93. The van der Waals surface area contributed by atoms with Crippen LogP contribution in [0.4, 0.5) is 0 Å². The molecule has 2 aliphatic heterocycles. The largest absolute Gasteiger partial charge is 0.496 e. The van der Waals surface area contributed by atoms with Crippen molar-refractivity contribution < 1.29 is 27.4 Å². The van der Waals surface area contributed by atoms with Crippen LogP contribution in [0.5, 0.6) is 17.2 Å². The Morgan fingerprint density at radius 1 is 1.00 bits per heavy atom. The lowest BCUT2D eigenvalue weighted by atomic mass is 10.1. The van der Waals surface area contributed by atoms with Gasteiger partial charge < -0.3 is 19.5 Å². The van der Waals surface area contributed by atoms with E-state index in [9.17, 15) is 13.2 Å². The molecule has 1 atom stereocenters. The second-order valence-corrected chi connectivity index (χ2v) is 10.2. The normalized spacial score (nSPS) is 17.6. The highest BCUT2D eigenvalue weighted by atomic mass is 32.2. The van der Waals surface area contributed by atoms with E-state index in [1.54, 1.807) is 0 Å². The van der Waals surface area contributed by atoms with Gasteiger partial charge in [0.15, 0.2) is 11.5 Å². The van der Waals surface area contributed by atoms with Gasteiger partial charge in [-0.25, -0.2) is 8.42 Å². The van der Waals surface area contributed by atoms with E-state index >= 15 is 0 Å². The molecule has 0 saturated carbocycles. The van der Waals surface area contributed by atoms with Gasteiger partial charge in [-0.05, 0) is 55.7 Å². The molecule has 2 aromatic carbocycles. The fraction of sp³-hybridized carbons (Fsp3) is 0.458. The van der Waals surface area contributed by atoms with Gasteiger partial charge in [0.2, 0.25) is 10.0 Å². The van der Waals surface area contributed by atoms with E-state index in [1.165, 1.54) is 29.6 Å². The monoisotopic (exact) mass is 474 g/mol. The molecule has 0 spiro atoms. The minimum Gasteiger partial charge on any atom is -0.496 e. The third kappa shape index (κ3) is 5.09. The number of sulfonamides is 1. The number of nitrogens with one attached hydrogen (secondary N) is 1. The van der Waals surface area contributed by atoms with E-state index in [0.717, 1.165) is 31.2 Å². The molecule has 2 aliphatic rings. The van der Waals surface area contributed by atoms with Gasteiger partial charge in [-0.3, -0.25) is 4.79 Å². The van der Waals surface area contributed by atoms with Gasteiger partial charge in [-0.1, -0.05) is 18.9 Å². The molecule has 33 heavy (non-hydrogen) atoms. The lowest BCUT2D eigenvalue weighted by molar-refractivity contribution is 0.0936. The zero-order valence-corrected chi connectivity index (χ0v) is 19.8. The van der Waals surface area contributed by atoms with Gasteiger partial charge >= 0.3 is 0 Å². The van der Waals surface area contributed by atoms with Crippen molar-refractivity contribution in [2.75, 3.05) is 33.4 Å². The summed E-state index contributed by atoms with van der Waals surface area (Å²) in [5.41, 5.74) is 1.03. The molecule has 0 aromatic heterocycles. The molecule has 4 rings (SSSR count). The number of benzene rings is 2. The number of carbonyl (C=O) groups excluding carboxylic acids is 1. The van der Waals surface area contributed by atoms with Crippen molar-refractivity contribution >= 4 is 15.9 Å². The molecule has 2 heterocycles. The van der Waals surface area contributed by atoms with E-state index in [-0.39, 0.29) is 16.5 Å². The smallest absolute Gasteiger partial charge is 0.255 e. The minimum absolute atomic E-state index is 0.0994. The van der Waals surface area contributed by atoms with Crippen molar-refractivity contribution in [2.45, 2.75) is 43.5 Å². The summed E-state index contributed by atoms with van der Waals surface area (Å²) < 4.78 is 44.5. The average Bonchev–Trinajstić information content (AvgIpc) is 3.13. The zero-order chi connectivity index (χ0) is 23.4. The van der Waals surface area contributed by atoms with E-state index in [1.807, 2.05) is 25.1 Å². The first kappa shape index (κ1) is 23.4. The molecule has 178 valence electrons. The molecule has 0 aliphatic carbocycles. The predicted molar refractivity (Wildman–Crippen MR) is 124 cm³/mol.